The number of anilines is 2. The summed E-state index contributed by atoms with van der Waals surface area (Å²) in [6.07, 6.45) is 3.48. The van der Waals surface area contributed by atoms with Gasteiger partial charge in [0.25, 0.3) is 5.91 Å². The summed E-state index contributed by atoms with van der Waals surface area (Å²) < 4.78 is 5.36. The van der Waals surface area contributed by atoms with E-state index in [1.807, 2.05) is 42.5 Å². The number of nitrogens with one attached hydrogen (secondary N) is 1. The van der Waals surface area contributed by atoms with Crippen LogP contribution >= 0.6 is 0 Å². The second-order valence-electron chi connectivity index (χ2n) is 6.22. The number of fused-ring (bicyclic) bond motifs is 1. The molecule has 0 bridgehead atoms. The first-order valence-electron chi connectivity index (χ1n) is 8.71. The number of benzene rings is 2. The summed E-state index contributed by atoms with van der Waals surface area (Å²) in [5.74, 6) is 0.812. The van der Waals surface area contributed by atoms with Gasteiger partial charge in [-0.25, -0.2) is 4.98 Å². The molecule has 0 spiro atoms. The van der Waals surface area contributed by atoms with Crippen molar-refractivity contribution in [3.63, 3.8) is 0 Å². The van der Waals surface area contributed by atoms with E-state index in [1.54, 1.807) is 37.7 Å². The van der Waals surface area contributed by atoms with E-state index >= 15 is 0 Å². The molecule has 0 saturated carbocycles. The zero-order valence-electron chi connectivity index (χ0n) is 15.2. The summed E-state index contributed by atoms with van der Waals surface area (Å²) in [5, 5.41) is 5.12. The standard InChI is InChI=1S/C22H18N4O2/c1-28-16-9-8-14-11-20(15-5-4-10-24-13-15)26-22(18(14)12-16)25-19-7-3-2-6-17(19)21(23)27/h2-13H,1H3,(H2,23,27)(H,25,26). The Bertz CT molecular complexity index is 1160. The third-order valence-corrected chi connectivity index (χ3v) is 4.44. The first-order valence-corrected chi connectivity index (χ1v) is 8.71. The molecule has 0 unspecified atom stereocenters. The monoisotopic (exact) mass is 370 g/mol. The van der Waals surface area contributed by atoms with Crippen molar-refractivity contribution in [1.29, 1.82) is 0 Å². The SMILES string of the molecule is COc1ccc2cc(-c3cccnc3)nc(Nc3ccccc3C(N)=O)c2c1. The number of hydrogen-bond donors (Lipinski definition) is 2. The van der Waals surface area contributed by atoms with Crippen LogP contribution in [-0.2, 0) is 0 Å². The van der Waals surface area contributed by atoms with Gasteiger partial charge in [-0.3, -0.25) is 9.78 Å². The summed E-state index contributed by atoms with van der Waals surface area (Å²) in [6.45, 7) is 0. The van der Waals surface area contributed by atoms with E-state index in [-0.39, 0.29) is 0 Å². The highest BCUT2D eigenvalue weighted by Crippen LogP contribution is 2.32. The lowest BCUT2D eigenvalue weighted by molar-refractivity contribution is 0.100. The number of methoxy groups -OCH3 is 1. The molecule has 0 aliphatic rings. The maximum atomic E-state index is 11.8. The molecule has 1 amide bonds. The number of ether oxygens (including phenoxy) is 1. The summed E-state index contributed by atoms with van der Waals surface area (Å²) >= 11 is 0. The van der Waals surface area contributed by atoms with Gasteiger partial charge in [0.05, 0.1) is 24.1 Å². The lowest BCUT2D eigenvalue weighted by Gasteiger charge is -2.14. The second kappa shape index (κ2) is 7.36. The lowest BCUT2D eigenvalue weighted by atomic mass is 10.1. The maximum Gasteiger partial charge on any atom is 0.250 e. The van der Waals surface area contributed by atoms with E-state index in [0.29, 0.717) is 17.1 Å². The van der Waals surface area contributed by atoms with Crippen molar-refractivity contribution >= 4 is 28.2 Å². The van der Waals surface area contributed by atoms with E-state index in [1.165, 1.54) is 0 Å². The zero-order chi connectivity index (χ0) is 19.5. The van der Waals surface area contributed by atoms with Crippen LogP contribution in [0.15, 0.2) is 73.1 Å². The minimum Gasteiger partial charge on any atom is -0.497 e. The molecule has 0 aliphatic heterocycles. The first kappa shape index (κ1) is 17.5. The van der Waals surface area contributed by atoms with Crippen molar-refractivity contribution < 1.29 is 9.53 Å². The number of amides is 1. The molecule has 4 rings (SSSR count). The number of para-hydroxylation sites is 1. The van der Waals surface area contributed by atoms with Crippen molar-refractivity contribution in [2.24, 2.45) is 5.73 Å². The highest BCUT2D eigenvalue weighted by molar-refractivity contribution is 6.02. The highest BCUT2D eigenvalue weighted by Gasteiger charge is 2.13. The fraction of sp³-hybridized carbons (Fsp3) is 0.0455. The van der Waals surface area contributed by atoms with Crippen molar-refractivity contribution in [3.05, 3.63) is 78.6 Å². The molecule has 0 radical (unpaired) electrons. The number of primary amides is 1. The number of hydrogen-bond acceptors (Lipinski definition) is 5. The molecule has 4 aromatic rings. The quantitative estimate of drug-likeness (QED) is 0.551. The first-order chi connectivity index (χ1) is 13.7. The van der Waals surface area contributed by atoms with E-state index in [9.17, 15) is 4.79 Å². The third-order valence-electron chi connectivity index (χ3n) is 4.44. The van der Waals surface area contributed by atoms with Gasteiger partial charge in [-0.2, -0.15) is 0 Å². The Balaban J connectivity index is 1.91. The van der Waals surface area contributed by atoms with Crippen molar-refractivity contribution in [2.75, 3.05) is 12.4 Å². The van der Waals surface area contributed by atoms with Gasteiger partial charge in [0.15, 0.2) is 0 Å². The van der Waals surface area contributed by atoms with E-state index in [4.69, 9.17) is 15.5 Å². The number of nitrogens with zero attached hydrogens (tertiary/aromatic N) is 2. The van der Waals surface area contributed by atoms with E-state index in [2.05, 4.69) is 10.3 Å². The summed E-state index contributed by atoms with van der Waals surface area (Å²) in [6, 6.07) is 18.7. The molecule has 138 valence electrons. The van der Waals surface area contributed by atoms with Gasteiger partial charge < -0.3 is 15.8 Å². The van der Waals surface area contributed by atoms with Gasteiger partial charge in [0, 0.05) is 23.3 Å². The molecule has 6 nitrogen and oxygen atoms in total. The minimum atomic E-state index is -0.506. The van der Waals surface area contributed by atoms with Crippen LogP contribution in [0.25, 0.3) is 22.0 Å². The largest absolute Gasteiger partial charge is 0.497 e. The maximum absolute atomic E-state index is 11.8. The van der Waals surface area contributed by atoms with Gasteiger partial charge in [-0.1, -0.05) is 18.2 Å². The topological polar surface area (TPSA) is 90.1 Å². The lowest BCUT2D eigenvalue weighted by Crippen LogP contribution is -2.13. The number of nitrogens with two attached hydrogens (primary N) is 1. The number of carbonyl (C=O) groups is 1. The molecule has 0 atom stereocenters. The van der Waals surface area contributed by atoms with Crippen molar-refractivity contribution in [3.8, 4) is 17.0 Å². The van der Waals surface area contributed by atoms with Crippen LogP contribution in [0, 0.1) is 0 Å². The van der Waals surface area contributed by atoms with Crippen LogP contribution in [0.1, 0.15) is 10.4 Å². The molecular formula is C22H18N4O2. The highest BCUT2D eigenvalue weighted by atomic mass is 16.5. The predicted octanol–water partition coefficient (Wildman–Crippen LogP) is 4.15. The van der Waals surface area contributed by atoms with Crippen LogP contribution in [-0.4, -0.2) is 23.0 Å². The van der Waals surface area contributed by atoms with E-state index < -0.39 is 5.91 Å². The van der Waals surface area contributed by atoms with Gasteiger partial charge in [-0.15, -0.1) is 0 Å². The molecule has 28 heavy (non-hydrogen) atoms. The van der Waals surface area contributed by atoms with Gasteiger partial charge >= 0.3 is 0 Å². The van der Waals surface area contributed by atoms with Crippen LogP contribution in [0.4, 0.5) is 11.5 Å². The summed E-state index contributed by atoms with van der Waals surface area (Å²) in [5.41, 5.74) is 8.17. The molecule has 0 aliphatic carbocycles. The molecular weight excluding hydrogens is 352 g/mol. The Kier molecular flexibility index (Phi) is 4.60. The molecule has 3 N–H and O–H groups in total. The predicted molar refractivity (Wildman–Crippen MR) is 110 cm³/mol. The van der Waals surface area contributed by atoms with Gasteiger partial charge in [-0.05, 0) is 47.9 Å². The van der Waals surface area contributed by atoms with Crippen molar-refractivity contribution in [1.82, 2.24) is 9.97 Å². The fourth-order valence-corrected chi connectivity index (χ4v) is 3.05. The van der Waals surface area contributed by atoms with Gasteiger partial charge in [0.2, 0.25) is 0 Å². The smallest absolute Gasteiger partial charge is 0.250 e. The van der Waals surface area contributed by atoms with Crippen LogP contribution in [0.5, 0.6) is 5.75 Å². The Morgan fingerprint density at radius 2 is 1.93 bits per heavy atom. The minimum absolute atomic E-state index is 0.395. The number of aromatic nitrogens is 2. The average Bonchev–Trinajstić information content (AvgIpc) is 2.74. The van der Waals surface area contributed by atoms with Crippen LogP contribution < -0.4 is 15.8 Å². The van der Waals surface area contributed by atoms with Crippen molar-refractivity contribution in [2.45, 2.75) is 0 Å². The Morgan fingerprint density at radius 3 is 2.68 bits per heavy atom. The molecule has 2 heterocycles. The summed E-state index contributed by atoms with van der Waals surface area (Å²) in [7, 11) is 1.62. The third kappa shape index (κ3) is 3.35. The number of pyridine rings is 2. The van der Waals surface area contributed by atoms with E-state index in [0.717, 1.165) is 27.8 Å². The van der Waals surface area contributed by atoms with Gasteiger partial charge in [0.1, 0.15) is 11.6 Å². The molecule has 2 aromatic carbocycles. The molecule has 2 aromatic heterocycles. The fourth-order valence-electron chi connectivity index (χ4n) is 3.05. The van der Waals surface area contributed by atoms with Crippen LogP contribution in [0.2, 0.25) is 0 Å². The Morgan fingerprint density at radius 1 is 1.07 bits per heavy atom. The second-order valence-corrected chi connectivity index (χ2v) is 6.22. The normalized spacial score (nSPS) is 10.6. The number of carbonyl (C=O) groups excluding carboxylic acids is 1. The molecule has 0 saturated heterocycles. The zero-order valence-corrected chi connectivity index (χ0v) is 15.2. The molecule has 6 heteroatoms. The molecule has 0 fully saturated rings. The number of rotatable bonds is 5. The summed E-state index contributed by atoms with van der Waals surface area (Å²) in [4.78, 5) is 20.8. The average molecular weight is 370 g/mol. The Hall–Kier alpha value is -3.93. The van der Waals surface area contributed by atoms with Crippen LogP contribution in [0.3, 0.4) is 0 Å². The Labute approximate surface area is 162 Å².